The van der Waals surface area contributed by atoms with Crippen molar-refractivity contribution in [2.45, 2.75) is 20.8 Å². The molecule has 0 atom stereocenters. The van der Waals surface area contributed by atoms with Crippen LogP contribution < -0.4 is 4.74 Å². The van der Waals surface area contributed by atoms with Crippen LogP contribution in [0.25, 0.3) is 21.7 Å². The fraction of sp³-hybridized carbons (Fsp3) is 0.158. The molecule has 0 amide bonds. The summed E-state index contributed by atoms with van der Waals surface area (Å²) in [6.45, 7) is 5.97. The molecule has 0 spiro atoms. The van der Waals surface area contributed by atoms with E-state index < -0.39 is 0 Å². The zero-order chi connectivity index (χ0) is 16.6. The van der Waals surface area contributed by atoms with Gasteiger partial charge < -0.3 is 5.11 Å². The molecule has 1 heterocycles. The van der Waals surface area contributed by atoms with Gasteiger partial charge in [0.15, 0.2) is 0 Å². The van der Waals surface area contributed by atoms with E-state index in [1.54, 1.807) is 0 Å². The van der Waals surface area contributed by atoms with E-state index in [-0.39, 0.29) is 16.2 Å². The minimum absolute atomic E-state index is 0.178. The SMILES string of the molecule is Cc1cc(C)c(-c2c(O)nc(-c3ccccc3)sc2=O)cc1C. The quantitative estimate of drug-likeness (QED) is 0.757. The molecule has 2 aromatic carbocycles. The van der Waals surface area contributed by atoms with Crippen LogP contribution >= 0.6 is 11.3 Å². The number of benzene rings is 2. The first-order chi connectivity index (χ1) is 11.0. The van der Waals surface area contributed by atoms with Crippen LogP contribution in [0.2, 0.25) is 0 Å². The van der Waals surface area contributed by atoms with Crippen LogP contribution in [0, 0.1) is 20.8 Å². The van der Waals surface area contributed by atoms with Crippen molar-refractivity contribution in [3.05, 3.63) is 68.7 Å². The number of hydrogen-bond donors (Lipinski definition) is 1. The van der Waals surface area contributed by atoms with E-state index >= 15 is 0 Å². The number of aromatic nitrogens is 1. The molecule has 0 saturated heterocycles. The lowest BCUT2D eigenvalue weighted by Crippen LogP contribution is -2.04. The molecule has 0 unspecified atom stereocenters. The summed E-state index contributed by atoms with van der Waals surface area (Å²) in [5.41, 5.74) is 5.07. The maximum absolute atomic E-state index is 12.6. The number of aryl methyl sites for hydroxylation is 3. The lowest BCUT2D eigenvalue weighted by molar-refractivity contribution is 0.457. The molecule has 1 N–H and O–H groups in total. The Morgan fingerprint density at radius 2 is 1.61 bits per heavy atom. The van der Waals surface area contributed by atoms with Gasteiger partial charge in [0.2, 0.25) is 10.6 Å². The molecular weight excluding hydrogens is 306 g/mol. The van der Waals surface area contributed by atoms with Crippen LogP contribution in [-0.2, 0) is 0 Å². The van der Waals surface area contributed by atoms with Gasteiger partial charge in [-0.2, -0.15) is 0 Å². The molecule has 0 bridgehead atoms. The van der Waals surface area contributed by atoms with Crippen molar-refractivity contribution in [2.75, 3.05) is 0 Å². The molecule has 0 radical (unpaired) electrons. The Balaban J connectivity index is 2.20. The van der Waals surface area contributed by atoms with E-state index in [1.807, 2.05) is 63.2 Å². The highest BCUT2D eigenvalue weighted by Gasteiger charge is 2.17. The molecule has 4 heteroatoms. The third-order valence-electron chi connectivity index (χ3n) is 3.96. The minimum Gasteiger partial charge on any atom is -0.493 e. The van der Waals surface area contributed by atoms with E-state index in [0.29, 0.717) is 5.01 Å². The lowest BCUT2D eigenvalue weighted by Gasteiger charge is -2.11. The van der Waals surface area contributed by atoms with Crippen molar-refractivity contribution < 1.29 is 5.11 Å². The molecule has 116 valence electrons. The van der Waals surface area contributed by atoms with Gasteiger partial charge in [0.1, 0.15) is 10.6 Å². The zero-order valence-corrected chi connectivity index (χ0v) is 14.1. The van der Waals surface area contributed by atoms with Crippen molar-refractivity contribution in [3.8, 4) is 27.6 Å². The average Bonchev–Trinajstić information content (AvgIpc) is 2.52. The minimum atomic E-state index is -0.209. The standard InChI is InChI=1S/C19H17NO2S/c1-11-9-13(3)15(10-12(11)2)16-17(21)20-18(23-19(16)22)14-7-5-4-6-8-14/h4-10,21H,1-3H3. The summed E-state index contributed by atoms with van der Waals surface area (Å²) in [4.78, 5) is 16.8. The number of hydrogen-bond acceptors (Lipinski definition) is 4. The van der Waals surface area contributed by atoms with Crippen LogP contribution in [-0.4, -0.2) is 10.1 Å². The Bertz CT molecular complexity index is 930. The Hall–Kier alpha value is -2.46. The third-order valence-corrected chi connectivity index (χ3v) is 4.87. The predicted octanol–water partition coefficient (Wildman–Crippen LogP) is 4.47. The van der Waals surface area contributed by atoms with Crippen molar-refractivity contribution in [1.82, 2.24) is 4.98 Å². The Kier molecular flexibility index (Phi) is 4.01. The number of rotatable bonds is 2. The summed E-state index contributed by atoms with van der Waals surface area (Å²) < 4.78 is -0.178. The number of nitrogens with zero attached hydrogens (tertiary/aromatic N) is 1. The molecule has 3 nitrogen and oxygen atoms in total. The van der Waals surface area contributed by atoms with Crippen LogP contribution in [0.3, 0.4) is 0 Å². The lowest BCUT2D eigenvalue weighted by atomic mass is 9.97. The average molecular weight is 323 g/mol. The zero-order valence-electron chi connectivity index (χ0n) is 13.3. The summed E-state index contributed by atoms with van der Waals surface area (Å²) in [7, 11) is 0. The van der Waals surface area contributed by atoms with Crippen molar-refractivity contribution in [3.63, 3.8) is 0 Å². The van der Waals surface area contributed by atoms with Gasteiger partial charge in [-0.15, -0.1) is 0 Å². The van der Waals surface area contributed by atoms with Crippen LogP contribution in [0.15, 0.2) is 47.3 Å². The Morgan fingerprint density at radius 1 is 0.957 bits per heavy atom. The molecule has 0 saturated carbocycles. The van der Waals surface area contributed by atoms with Gasteiger partial charge in [-0.3, -0.25) is 4.79 Å². The second kappa shape index (κ2) is 5.97. The van der Waals surface area contributed by atoms with E-state index in [4.69, 9.17) is 0 Å². The topological polar surface area (TPSA) is 50.2 Å². The molecule has 23 heavy (non-hydrogen) atoms. The van der Waals surface area contributed by atoms with Crippen molar-refractivity contribution >= 4 is 11.3 Å². The smallest absolute Gasteiger partial charge is 0.247 e. The second-order valence-corrected chi connectivity index (χ2v) is 6.58. The fourth-order valence-corrected chi connectivity index (χ4v) is 3.43. The second-order valence-electron chi connectivity index (χ2n) is 5.62. The van der Waals surface area contributed by atoms with E-state index in [0.717, 1.165) is 39.2 Å². The highest BCUT2D eigenvalue weighted by Crippen LogP contribution is 2.32. The van der Waals surface area contributed by atoms with Gasteiger partial charge in [-0.05, 0) is 43.0 Å². The largest absolute Gasteiger partial charge is 0.493 e. The van der Waals surface area contributed by atoms with E-state index in [1.165, 1.54) is 0 Å². The van der Waals surface area contributed by atoms with Crippen molar-refractivity contribution in [1.29, 1.82) is 0 Å². The van der Waals surface area contributed by atoms with Gasteiger partial charge in [-0.1, -0.05) is 53.8 Å². The first-order valence-corrected chi connectivity index (χ1v) is 8.17. The summed E-state index contributed by atoms with van der Waals surface area (Å²) in [5, 5.41) is 10.9. The first-order valence-electron chi connectivity index (χ1n) is 7.35. The molecule has 0 fully saturated rings. The Morgan fingerprint density at radius 3 is 2.26 bits per heavy atom. The number of aromatic hydroxyl groups is 1. The molecule has 0 aliphatic rings. The molecular formula is C19H17NO2S. The molecule has 3 rings (SSSR count). The van der Waals surface area contributed by atoms with Crippen LogP contribution in [0.5, 0.6) is 5.88 Å². The highest BCUT2D eigenvalue weighted by atomic mass is 32.1. The monoisotopic (exact) mass is 323 g/mol. The maximum atomic E-state index is 12.6. The molecule has 3 aromatic rings. The Labute approximate surface area is 138 Å². The van der Waals surface area contributed by atoms with Gasteiger partial charge in [0, 0.05) is 5.56 Å². The summed E-state index contributed by atoms with van der Waals surface area (Å²) in [6, 6.07) is 13.4. The third kappa shape index (κ3) is 2.90. The maximum Gasteiger partial charge on any atom is 0.247 e. The van der Waals surface area contributed by atoms with Gasteiger partial charge >= 0.3 is 0 Å². The van der Waals surface area contributed by atoms with E-state index in [9.17, 15) is 9.90 Å². The van der Waals surface area contributed by atoms with Gasteiger partial charge in [0.25, 0.3) is 0 Å². The van der Waals surface area contributed by atoms with Crippen LogP contribution in [0.1, 0.15) is 16.7 Å². The highest BCUT2D eigenvalue weighted by molar-refractivity contribution is 7.12. The summed E-state index contributed by atoms with van der Waals surface area (Å²) in [5.74, 6) is -0.209. The summed E-state index contributed by atoms with van der Waals surface area (Å²) in [6.07, 6.45) is 0. The first kappa shape index (κ1) is 15.4. The van der Waals surface area contributed by atoms with Crippen LogP contribution in [0.4, 0.5) is 0 Å². The molecule has 0 aliphatic heterocycles. The molecule has 1 aromatic heterocycles. The molecule has 0 aliphatic carbocycles. The summed E-state index contributed by atoms with van der Waals surface area (Å²) >= 11 is 1.06. The predicted molar refractivity (Wildman–Crippen MR) is 95.1 cm³/mol. The van der Waals surface area contributed by atoms with Gasteiger partial charge in [0.05, 0.1) is 0 Å². The van der Waals surface area contributed by atoms with Crippen molar-refractivity contribution in [2.24, 2.45) is 0 Å². The normalized spacial score (nSPS) is 10.7. The fourth-order valence-electron chi connectivity index (χ4n) is 2.57. The van der Waals surface area contributed by atoms with Gasteiger partial charge in [-0.25, -0.2) is 4.98 Å². The van der Waals surface area contributed by atoms with E-state index in [2.05, 4.69) is 4.98 Å².